The molecule has 0 aliphatic heterocycles. The molecule has 1 nitrogen and oxygen atoms in total. The maximum absolute atomic E-state index is 2.50. The minimum atomic E-state index is -0.375. The van der Waals surface area contributed by atoms with Gasteiger partial charge >= 0.3 is 0 Å². The van der Waals surface area contributed by atoms with Gasteiger partial charge in [0.25, 0.3) is 0 Å². The Hall–Kier alpha value is -6.96. The molecule has 56 heavy (non-hydrogen) atoms. The van der Waals surface area contributed by atoms with Gasteiger partial charge in [-0.1, -0.05) is 176 Å². The number of hydrogen-bond donors (Lipinski definition) is 0. The molecule has 0 heterocycles. The van der Waals surface area contributed by atoms with Crippen LogP contribution in [0.5, 0.6) is 0 Å². The van der Waals surface area contributed by atoms with E-state index in [2.05, 4.69) is 217 Å². The molecule has 3 aliphatic carbocycles. The predicted octanol–water partition coefficient (Wildman–Crippen LogP) is 14.6. The monoisotopic (exact) mass is 713 g/mol. The van der Waals surface area contributed by atoms with Crippen LogP contribution in [0.15, 0.2) is 218 Å². The Bertz CT molecular complexity index is 2830. The number of fused-ring (bicyclic) bond motifs is 9. The normalized spacial score (nSPS) is 16.0. The first-order chi connectivity index (χ1) is 27.8. The minimum Gasteiger partial charge on any atom is -0.310 e. The maximum atomic E-state index is 2.50. The van der Waals surface area contributed by atoms with Gasteiger partial charge in [0.1, 0.15) is 0 Å². The summed E-state index contributed by atoms with van der Waals surface area (Å²) in [6, 6.07) is 73.8. The van der Waals surface area contributed by atoms with Crippen LogP contribution in [-0.2, 0) is 5.41 Å². The van der Waals surface area contributed by atoms with Gasteiger partial charge in [0, 0.05) is 17.1 Å². The van der Waals surface area contributed by atoms with Gasteiger partial charge in [0.2, 0.25) is 0 Å². The lowest BCUT2D eigenvalue weighted by Crippen LogP contribution is -2.27. The minimum absolute atomic E-state index is 0.375. The molecule has 1 spiro atoms. The summed E-state index contributed by atoms with van der Waals surface area (Å²) in [4.78, 5) is 2.46. The zero-order chi connectivity index (χ0) is 37.1. The molecule has 0 amide bonds. The Balaban J connectivity index is 1.15. The summed E-state index contributed by atoms with van der Waals surface area (Å²) >= 11 is 0. The first-order valence-electron chi connectivity index (χ1n) is 19.7. The fourth-order valence-corrected chi connectivity index (χ4v) is 9.78. The average molecular weight is 714 g/mol. The molecule has 1 atom stereocenters. The third kappa shape index (κ3) is 4.94. The molecular formula is C55H39N. The lowest BCUT2D eigenvalue weighted by Gasteiger charge is -2.33. The molecular weight excluding hydrogens is 675 g/mol. The molecule has 11 rings (SSSR count). The summed E-state index contributed by atoms with van der Waals surface area (Å²) in [7, 11) is 0. The summed E-state index contributed by atoms with van der Waals surface area (Å²) in [5, 5.41) is 0. The van der Waals surface area contributed by atoms with Crippen LogP contribution in [0.2, 0.25) is 0 Å². The van der Waals surface area contributed by atoms with Crippen LogP contribution in [-0.4, -0.2) is 0 Å². The molecule has 0 N–H and O–H groups in total. The second-order valence-corrected chi connectivity index (χ2v) is 15.1. The van der Waals surface area contributed by atoms with E-state index in [0.29, 0.717) is 0 Å². The molecule has 1 unspecified atom stereocenters. The Morgan fingerprint density at radius 1 is 0.357 bits per heavy atom. The maximum Gasteiger partial charge on any atom is 0.0722 e. The van der Waals surface area contributed by atoms with Crippen molar-refractivity contribution in [3.8, 4) is 44.5 Å². The van der Waals surface area contributed by atoms with Gasteiger partial charge < -0.3 is 4.90 Å². The molecule has 0 radical (unpaired) electrons. The Labute approximate surface area is 329 Å². The second kappa shape index (κ2) is 13.1. The van der Waals surface area contributed by atoms with Crippen LogP contribution < -0.4 is 4.90 Å². The van der Waals surface area contributed by atoms with E-state index in [4.69, 9.17) is 0 Å². The van der Waals surface area contributed by atoms with E-state index in [1.165, 1.54) is 77.9 Å². The van der Waals surface area contributed by atoms with Crippen molar-refractivity contribution in [2.75, 3.05) is 4.90 Å². The molecule has 0 fully saturated rings. The van der Waals surface area contributed by atoms with Gasteiger partial charge in [-0.25, -0.2) is 0 Å². The predicted molar refractivity (Wildman–Crippen MR) is 234 cm³/mol. The van der Waals surface area contributed by atoms with Crippen molar-refractivity contribution in [1.29, 1.82) is 0 Å². The molecule has 0 aromatic heterocycles. The first kappa shape index (κ1) is 32.5. The standard InChI is InChI=1S/C55H39N/c1-4-16-38(17-5-1)39-28-30-42(31-29-39)56(43-32-34-45(40-18-6-2-7-19-40)50(36-43)41-20-8-3-9-21-41)44-33-35-49-48-24-12-15-27-53(48)55(54(49)37-44)51-25-13-10-22-46(51)47-23-11-14-26-52(47)55/h1-10,12-22,24-37H,11,23H2. The third-order valence-corrected chi connectivity index (χ3v) is 12.2. The first-order valence-corrected chi connectivity index (χ1v) is 19.7. The highest BCUT2D eigenvalue weighted by molar-refractivity contribution is 5.97. The largest absolute Gasteiger partial charge is 0.310 e. The molecule has 0 saturated heterocycles. The van der Waals surface area contributed by atoms with Crippen molar-refractivity contribution in [2.45, 2.75) is 18.3 Å². The lowest BCUT2D eigenvalue weighted by molar-refractivity contribution is 0.780. The number of rotatable bonds is 6. The van der Waals surface area contributed by atoms with E-state index in [1.54, 1.807) is 0 Å². The lowest BCUT2D eigenvalue weighted by atomic mass is 9.69. The van der Waals surface area contributed by atoms with Crippen LogP contribution in [0.3, 0.4) is 0 Å². The topological polar surface area (TPSA) is 3.24 Å². The number of hydrogen-bond acceptors (Lipinski definition) is 1. The summed E-state index contributed by atoms with van der Waals surface area (Å²) in [5.74, 6) is 0. The van der Waals surface area contributed by atoms with E-state index in [-0.39, 0.29) is 5.41 Å². The van der Waals surface area contributed by atoms with Crippen molar-refractivity contribution in [3.05, 3.63) is 240 Å². The fourth-order valence-electron chi connectivity index (χ4n) is 9.78. The van der Waals surface area contributed by atoms with Crippen molar-refractivity contribution in [3.63, 3.8) is 0 Å². The molecule has 0 saturated carbocycles. The van der Waals surface area contributed by atoms with Crippen LogP contribution >= 0.6 is 0 Å². The highest BCUT2D eigenvalue weighted by atomic mass is 15.1. The third-order valence-electron chi connectivity index (χ3n) is 12.2. The van der Waals surface area contributed by atoms with Crippen molar-refractivity contribution in [2.24, 2.45) is 0 Å². The van der Waals surface area contributed by atoms with Crippen molar-refractivity contribution in [1.82, 2.24) is 0 Å². The SMILES string of the molecule is C1=CC2=C(CC1)c1ccccc1C21c2ccccc2-c2ccc(N(c3ccc(-c4ccccc4)cc3)c3ccc(-c4ccccc4)c(-c4ccccc4)c3)cc21. The summed E-state index contributed by atoms with van der Waals surface area (Å²) in [6.07, 6.45) is 6.97. The molecule has 8 aromatic rings. The van der Waals surface area contributed by atoms with E-state index < -0.39 is 0 Å². The fraction of sp³-hybridized carbons (Fsp3) is 0.0545. The van der Waals surface area contributed by atoms with E-state index in [9.17, 15) is 0 Å². The zero-order valence-electron chi connectivity index (χ0n) is 31.1. The summed E-state index contributed by atoms with van der Waals surface area (Å²) < 4.78 is 0. The van der Waals surface area contributed by atoms with E-state index >= 15 is 0 Å². The van der Waals surface area contributed by atoms with Crippen LogP contribution in [0, 0.1) is 0 Å². The van der Waals surface area contributed by atoms with Crippen molar-refractivity contribution >= 4 is 22.6 Å². The van der Waals surface area contributed by atoms with Gasteiger partial charge in [-0.3, -0.25) is 0 Å². The van der Waals surface area contributed by atoms with Gasteiger partial charge in [-0.2, -0.15) is 0 Å². The van der Waals surface area contributed by atoms with E-state index in [1.807, 2.05) is 0 Å². The smallest absolute Gasteiger partial charge is 0.0722 e. The number of anilines is 3. The average Bonchev–Trinajstić information content (AvgIpc) is 3.75. The molecule has 264 valence electrons. The number of benzene rings is 8. The Kier molecular flexibility index (Phi) is 7.60. The highest BCUT2D eigenvalue weighted by Crippen LogP contribution is 2.64. The molecule has 0 bridgehead atoms. The van der Waals surface area contributed by atoms with Crippen LogP contribution in [0.1, 0.15) is 35.1 Å². The van der Waals surface area contributed by atoms with Crippen LogP contribution in [0.4, 0.5) is 17.1 Å². The van der Waals surface area contributed by atoms with Gasteiger partial charge in [0.15, 0.2) is 0 Å². The summed E-state index contributed by atoms with van der Waals surface area (Å²) in [6.45, 7) is 0. The summed E-state index contributed by atoms with van der Waals surface area (Å²) in [5.41, 5.74) is 21.4. The molecule has 1 heteroatoms. The molecule has 8 aromatic carbocycles. The zero-order valence-corrected chi connectivity index (χ0v) is 31.1. The van der Waals surface area contributed by atoms with Gasteiger partial charge in [0.05, 0.1) is 5.41 Å². The Morgan fingerprint density at radius 2 is 0.857 bits per heavy atom. The second-order valence-electron chi connectivity index (χ2n) is 15.1. The molecule has 3 aliphatic rings. The van der Waals surface area contributed by atoms with Gasteiger partial charge in [-0.15, -0.1) is 0 Å². The van der Waals surface area contributed by atoms with Gasteiger partial charge in [-0.05, 0) is 127 Å². The number of nitrogens with zero attached hydrogens (tertiary/aromatic N) is 1. The van der Waals surface area contributed by atoms with E-state index in [0.717, 1.165) is 29.9 Å². The Morgan fingerprint density at radius 3 is 1.55 bits per heavy atom. The van der Waals surface area contributed by atoms with Crippen molar-refractivity contribution < 1.29 is 0 Å². The number of allylic oxidation sites excluding steroid dienone is 4. The quantitative estimate of drug-likeness (QED) is 0.166. The van der Waals surface area contributed by atoms with Crippen LogP contribution in [0.25, 0.3) is 50.1 Å². The highest BCUT2D eigenvalue weighted by Gasteiger charge is 2.52.